The first-order valence-electron chi connectivity index (χ1n) is 6.40. The zero-order chi connectivity index (χ0) is 14.1. The highest BCUT2D eigenvalue weighted by atomic mass is 16.5. The first-order chi connectivity index (χ1) is 9.22. The predicted molar refractivity (Wildman–Crippen MR) is 76.7 cm³/mol. The fraction of sp³-hybridized carbons (Fsp3) is 0.467. The van der Waals surface area contributed by atoms with E-state index in [1.807, 2.05) is 18.2 Å². The number of hydrogen-bond acceptors (Lipinski definition) is 4. The van der Waals surface area contributed by atoms with Gasteiger partial charge in [0.1, 0.15) is 11.5 Å². The molecule has 1 unspecified atom stereocenters. The lowest BCUT2D eigenvalue weighted by Gasteiger charge is -2.18. The van der Waals surface area contributed by atoms with Gasteiger partial charge in [-0.2, -0.15) is 0 Å². The molecule has 1 atom stereocenters. The van der Waals surface area contributed by atoms with Crippen molar-refractivity contribution in [3.8, 4) is 11.5 Å². The summed E-state index contributed by atoms with van der Waals surface area (Å²) in [6, 6.07) is 6.07. The van der Waals surface area contributed by atoms with Crippen LogP contribution in [0, 0.1) is 0 Å². The SMILES string of the molecule is C=COCCCNC(C)c1ccc(OC)cc1OC. The van der Waals surface area contributed by atoms with Crippen molar-refractivity contribution in [1.29, 1.82) is 0 Å². The molecular formula is C15H23NO3. The Balaban J connectivity index is 2.55. The van der Waals surface area contributed by atoms with Gasteiger partial charge in [0.15, 0.2) is 0 Å². The fourth-order valence-corrected chi connectivity index (χ4v) is 1.84. The van der Waals surface area contributed by atoms with Crippen LogP contribution in [-0.4, -0.2) is 27.4 Å². The van der Waals surface area contributed by atoms with Crippen LogP contribution in [0.4, 0.5) is 0 Å². The van der Waals surface area contributed by atoms with Gasteiger partial charge in [0.05, 0.1) is 27.1 Å². The second-order valence-electron chi connectivity index (χ2n) is 4.17. The highest BCUT2D eigenvalue weighted by Gasteiger charge is 2.11. The molecule has 0 spiro atoms. The molecule has 106 valence electrons. The normalized spacial score (nSPS) is 11.7. The summed E-state index contributed by atoms with van der Waals surface area (Å²) in [5.41, 5.74) is 1.12. The Labute approximate surface area is 115 Å². The molecule has 0 fully saturated rings. The van der Waals surface area contributed by atoms with Crippen molar-refractivity contribution in [2.75, 3.05) is 27.4 Å². The molecular weight excluding hydrogens is 242 g/mol. The Morgan fingerprint density at radius 1 is 1.32 bits per heavy atom. The van der Waals surface area contributed by atoms with Gasteiger partial charge in [-0.3, -0.25) is 0 Å². The molecule has 1 N–H and O–H groups in total. The molecule has 1 aromatic rings. The molecule has 0 aliphatic rings. The maximum absolute atomic E-state index is 5.40. The predicted octanol–water partition coefficient (Wildman–Crippen LogP) is 2.90. The number of benzene rings is 1. The summed E-state index contributed by atoms with van der Waals surface area (Å²) in [6.07, 6.45) is 2.41. The van der Waals surface area contributed by atoms with Crippen LogP contribution in [0.5, 0.6) is 11.5 Å². The molecule has 0 saturated carbocycles. The number of hydrogen-bond donors (Lipinski definition) is 1. The third-order valence-corrected chi connectivity index (χ3v) is 2.91. The maximum Gasteiger partial charge on any atom is 0.127 e. The van der Waals surface area contributed by atoms with Gasteiger partial charge in [0.25, 0.3) is 0 Å². The highest BCUT2D eigenvalue weighted by molar-refractivity contribution is 5.42. The largest absolute Gasteiger partial charge is 0.502 e. The second-order valence-corrected chi connectivity index (χ2v) is 4.17. The van der Waals surface area contributed by atoms with E-state index in [1.165, 1.54) is 6.26 Å². The van der Waals surface area contributed by atoms with Crippen molar-refractivity contribution >= 4 is 0 Å². The summed E-state index contributed by atoms with van der Waals surface area (Å²) in [6.45, 7) is 7.18. The maximum atomic E-state index is 5.40. The molecule has 0 aromatic heterocycles. The van der Waals surface area contributed by atoms with Gasteiger partial charge in [-0.05, 0) is 26.0 Å². The standard InChI is InChI=1S/C15H23NO3/c1-5-19-10-6-9-16-12(2)14-8-7-13(17-3)11-15(14)18-4/h5,7-8,11-12,16H,1,6,9-10H2,2-4H3. The van der Waals surface area contributed by atoms with Crippen LogP contribution in [0.2, 0.25) is 0 Å². The van der Waals surface area contributed by atoms with Gasteiger partial charge in [-0.1, -0.05) is 12.6 Å². The summed E-state index contributed by atoms with van der Waals surface area (Å²) in [7, 11) is 3.32. The molecule has 0 saturated heterocycles. The molecule has 0 aliphatic carbocycles. The summed E-state index contributed by atoms with van der Waals surface area (Å²) in [5.74, 6) is 1.63. The van der Waals surface area contributed by atoms with Crippen molar-refractivity contribution in [2.45, 2.75) is 19.4 Å². The Bertz CT molecular complexity index is 393. The van der Waals surface area contributed by atoms with E-state index in [-0.39, 0.29) is 6.04 Å². The van der Waals surface area contributed by atoms with Crippen molar-refractivity contribution in [2.24, 2.45) is 0 Å². The lowest BCUT2D eigenvalue weighted by molar-refractivity contribution is 0.243. The number of methoxy groups -OCH3 is 2. The van der Waals surface area contributed by atoms with E-state index >= 15 is 0 Å². The highest BCUT2D eigenvalue weighted by Crippen LogP contribution is 2.29. The summed E-state index contributed by atoms with van der Waals surface area (Å²) >= 11 is 0. The topological polar surface area (TPSA) is 39.7 Å². The Morgan fingerprint density at radius 2 is 2.11 bits per heavy atom. The van der Waals surface area contributed by atoms with Crippen molar-refractivity contribution in [1.82, 2.24) is 5.32 Å². The zero-order valence-electron chi connectivity index (χ0n) is 11.9. The van der Waals surface area contributed by atoms with Gasteiger partial charge < -0.3 is 19.5 Å². The average molecular weight is 265 g/mol. The number of ether oxygens (including phenoxy) is 3. The van der Waals surface area contributed by atoms with E-state index in [4.69, 9.17) is 14.2 Å². The molecule has 0 amide bonds. The molecule has 19 heavy (non-hydrogen) atoms. The van der Waals surface area contributed by atoms with Gasteiger partial charge in [-0.25, -0.2) is 0 Å². The summed E-state index contributed by atoms with van der Waals surface area (Å²) in [4.78, 5) is 0. The summed E-state index contributed by atoms with van der Waals surface area (Å²) in [5, 5.41) is 3.43. The van der Waals surface area contributed by atoms with E-state index in [1.54, 1.807) is 14.2 Å². The monoisotopic (exact) mass is 265 g/mol. The minimum Gasteiger partial charge on any atom is -0.502 e. The van der Waals surface area contributed by atoms with Crippen LogP contribution in [0.25, 0.3) is 0 Å². The average Bonchev–Trinajstić information content (AvgIpc) is 2.46. The lowest BCUT2D eigenvalue weighted by Crippen LogP contribution is -2.21. The molecule has 0 bridgehead atoms. The van der Waals surface area contributed by atoms with Crippen molar-refractivity contribution in [3.05, 3.63) is 36.6 Å². The second kappa shape index (κ2) is 8.43. The Hall–Kier alpha value is -1.68. The molecule has 1 aromatic carbocycles. The van der Waals surface area contributed by atoms with Crippen molar-refractivity contribution < 1.29 is 14.2 Å². The molecule has 0 heterocycles. The fourth-order valence-electron chi connectivity index (χ4n) is 1.84. The first-order valence-corrected chi connectivity index (χ1v) is 6.40. The van der Waals surface area contributed by atoms with Crippen LogP contribution in [0.3, 0.4) is 0 Å². The van der Waals surface area contributed by atoms with E-state index in [0.717, 1.165) is 30.0 Å². The van der Waals surface area contributed by atoms with Gasteiger partial charge in [0.2, 0.25) is 0 Å². The Kier molecular flexibility index (Phi) is 6.82. The van der Waals surface area contributed by atoms with E-state index in [2.05, 4.69) is 18.8 Å². The van der Waals surface area contributed by atoms with Crippen LogP contribution in [-0.2, 0) is 4.74 Å². The van der Waals surface area contributed by atoms with Crippen LogP contribution >= 0.6 is 0 Å². The molecule has 0 aliphatic heterocycles. The van der Waals surface area contributed by atoms with E-state index in [0.29, 0.717) is 6.61 Å². The molecule has 4 heteroatoms. The smallest absolute Gasteiger partial charge is 0.127 e. The quantitative estimate of drug-likeness (QED) is 0.550. The summed E-state index contributed by atoms with van der Waals surface area (Å²) < 4.78 is 15.7. The Morgan fingerprint density at radius 3 is 2.74 bits per heavy atom. The lowest BCUT2D eigenvalue weighted by atomic mass is 10.1. The minimum absolute atomic E-state index is 0.213. The third kappa shape index (κ3) is 4.83. The third-order valence-electron chi connectivity index (χ3n) is 2.91. The van der Waals surface area contributed by atoms with E-state index in [9.17, 15) is 0 Å². The van der Waals surface area contributed by atoms with Crippen LogP contribution in [0.15, 0.2) is 31.0 Å². The number of rotatable bonds is 9. The van der Waals surface area contributed by atoms with Crippen molar-refractivity contribution in [3.63, 3.8) is 0 Å². The zero-order valence-corrected chi connectivity index (χ0v) is 11.9. The van der Waals surface area contributed by atoms with E-state index < -0.39 is 0 Å². The van der Waals surface area contributed by atoms with Gasteiger partial charge >= 0.3 is 0 Å². The molecule has 4 nitrogen and oxygen atoms in total. The van der Waals surface area contributed by atoms with Gasteiger partial charge in [0, 0.05) is 17.7 Å². The van der Waals surface area contributed by atoms with Crippen LogP contribution < -0.4 is 14.8 Å². The first kappa shape index (κ1) is 15.4. The van der Waals surface area contributed by atoms with Crippen LogP contribution in [0.1, 0.15) is 24.9 Å². The minimum atomic E-state index is 0.213. The molecule has 0 radical (unpaired) electrons. The number of nitrogens with one attached hydrogen (secondary N) is 1. The molecule has 1 rings (SSSR count). The van der Waals surface area contributed by atoms with Gasteiger partial charge in [-0.15, -0.1) is 0 Å².